The van der Waals surface area contributed by atoms with E-state index in [0.717, 1.165) is 16.9 Å². The van der Waals surface area contributed by atoms with Crippen LogP contribution in [0.25, 0.3) is 0 Å². The lowest BCUT2D eigenvalue weighted by atomic mass is 10.1. The first kappa shape index (κ1) is 15.0. The second-order valence-corrected chi connectivity index (χ2v) is 4.21. The molecule has 0 aromatic heterocycles. The summed E-state index contributed by atoms with van der Waals surface area (Å²) in [5, 5.41) is 5.19. The maximum atomic E-state index is 11.7. The largest absolute Gasteiger partial charge is 0.496 e. The molecule has 5 nitrogen and oxygen atoms in total. The van der Waals surface area contributed by atoms with Crippen molar-refractivity contribution in [3.63, 3.8) is 0 Å². The smallest absolute Gasteiger partial charge is 0.239 e. The first-order valence-electron chi connectivity index (χ1n) is 6.23. The molecule has 1 aromatic rings. The number of likely N-dealkylation sites (N-methyl/N-ethyl adjacent to an activating group) is 1. The SMILES string of the molecule is CCNC(=O)CNC(=O)Cc1ccc(C)c(OC)c1. The van der Waals surface area contributed by atoms with Crippen LogP contribution in [0.2, 0.25) is 0 Å². The van der Waals surface area contributed by atoms with Crippen LogP contribution in [0.3, 0.4) is 0 Å². The van der Waals surface area contributed by atoms with E-state index in [1.165, 1.54) is 0 Å². The highest BCUT2D eigenvalue weighted by molar-refractivity contribution is 5.85. The van der Waals surface area contributed by atoms with Gasteiger partial charge in [-0.15, -0.1) is 0 Å². The van der Waals surface area contributed by atoms with Gasteiger partial charge < -0.3 is 15.4 Å². The number of carbonyl (C=O) groups is 2. The molecule has 0 bridgehead atoms. The first-order chi connectivity index (χ1) is 9.06. The second kappa shape index (κ2) is 7.41. The predicted octanol–water partition coefficient (Wildman–Crippen LogP) is 0.798. The van der Waals surface area contributed by atoms with Crippen molar-refractivity contribution in [3.05, 3.63) is 29.3 Å². The normalized spacial score (nSPS) is 9.84. The van der Waals surface area contributed by atoms with Crippen molar-refractivity contribution in [2.45, 2.75) is 20.3 Å². The molecule has 5 heteroatoms. The summed E-state index contributed by atoms with van der Waals surface area (Å²) in [5.41, 5.74) is 1.88. The van der Waals surface area contributed by atoms with E-state index in [2.05, 4.69) is 10.6 Å². The Hall–Kier alpha value is -2.04. The fourth-order valence-corrected chi connectivity index (χ4v) is 1.66. The molecule has 104 valence electrons. The van der Waals surface area contributed by atoms with Gasteiger partial charge in [-0.05, 0) is 31.0 Å². The van der Waals surface area contributed by atoms with Crippen molar-refractivity contribution < 1.29 is 14.3 Å². The van der Waals surface area contributed by atoms with Crippen LogP contribution in [0, 0.1) is 6.92 Å². The van der Waals surface area contributed by atoms with Crippen LogP contribution >= 0.6 is 0 Å². The third kappa shape index (κ3) is 4.99. The van der Waals surface area contributed by atoms with Gasteiger partial charge in [0.1, 0.15) is 5.75 Å². The molecule has 0 radical (unpaired) electrons. The van der Waals surface area contributed by atoms with Crippen LogP contribution in [-0.4, -0.2) is 32.0 Å². The van der Waals surface area contributed by atoms with Gasteiger partial charge in [0.2, 0.25) is 11.8 Å². The van der Waals surface area contributed by atoms with Crippen molar-refractivity contribution >= 4 is 11.8 Å². The number of hydrogen-bond donors (Lipinski definition) is 2. The fraction of sp³-hybridized carbons (Fsp3) is 0.429. The molecule has 0 saturated carbocycles. The Balaban J connectivity index is 2.50. The molecule has 19 heavy (non-hydrogen) atoms. The average molecular weight is 264 g/mol. The minimum atomic E-state index is -0.183. The molecule has 1 rings (SSSR count). The molecule has 0 unspecified atom stereocenters. The Morgan fingerprint density at radius 1 is 1.21 bits per heavy atom. The molecule has 0 spiro atoms. The number of amides is 2. The lowest BCUT2D eigenvalue weighted by Gasteiger charge is -2.08. The minimum Gasteiger partial charge on any atom is -0.496 e. The lowest BCUT2D eigenvalue weighted by molar-refractivity contribution is -0.125. The molecule has 0 fully saturated rings. The molecular weight excluding hydrogens is 244 g/mol. The predicted molar refractivity (Wildman–Crippen MR) is 73.1 cm³/mol. The van der Waals surface area contributed by atoms with E-state index in [1.54, 1.807) is 7.11 Å². The summed E-state index contributed by atoms with van der Waals surface area (Å²) in [7, 11) is 1.60. The highest BCUT2D eigenvalue weighted by atomic mass is 16.5. The van der Waals surface area contributed by atoms with Crippen molar-refractivity contribution in [1.29, 1.82) is 0 Å². The number of nitrogens with one attached hydrogen (secondary N) is 2. The summed E-state index contributed by atoms with van der Waals surface area (Å²) >= 11 is 0. The summed E-state index contributed by atoms with van der Waals surface area (Å²) in [6.45, 7) is 4.34. The van der Waals surface area contributed by atoms with E-state index in [0.29, 0.717) is 6.54 Å². The summed E-state index contributed by atoms with van der Waals surface area (Å²) in [6.07, 6.45) is 0.232. The maximum Gasteiger partial charge on any atom is 0.239 e. The maximum absolute atomic E-state index is 11.7. The lowest BCUT2D eigenvalue weighted by Crippen LogP contribution is -2.37. The van der Waals surface area contributed by atoms with Crippen molar-refractivity contribution in [2.75, 3.05) is 20.2 Å². The number of methoxy groups -OCH3 is 1. The van der Waals surface area contributed by atoms with Crippen molar-refractivity contribution in [1.82, 2.24) is 10.6 Å². The molecule has 0 atom stereocenters. The molecule has 0 heterocycles. The van der Waals surface area contributed by atoms with Crippen LogP contribution in [0.4, 0.5) is 0 Å². The van der Waals surface area contributed by atoms with Crippen molar-refractivity contribution in [2.24, 2.45) is 0 Å². The Bertz CT molecular complexity index is 458. The zero-order valence-electron chi connectivity index (χ0n) is 11.6. The average Bonchev–Trinajstić information content (AvgIpc) is 2.39. The molecule has 0 saturated heterocycles. The molecule has 1 aromatic carbocycles. The highest BCUT2D eigenvalue weighted by Crippen LogP contribution is 2.19. The Kier molecular flexibility index (Phi) is 5.85. The van der Waals surface area contributed by atoms with Gasteiger partial charge in [-0.25, -0.2) is 0 Å². The van der Waals surface area contributed by atoms with Gasteiger partial charge in [0.25, 0.3) is 0 Å². The second-order valence-electron chi connectivity index (χ2n) is 4.21. The minimum absolute atomic E-state index is 0.00959. The molecule has 2 amide bonds. The quantitative estimate of drug-likeness (QED) is 0.798. The van der Waals surface area contributed by atoms with Gasteiger partial charge in [-0.3, -0.25) is 9.59 Å². The standard InChI is InChI=1S/C14H20N2O3/c1-4-15-14(18)9-16-13(17)8-11-6-5-10(2)12(7-11)19-3/h5-7H,4,8-9H2,1-3H3,(H,15,18)(H,16,17). The number of benzene rings is 1. The van der Waals surface area contributed by atoms with E-state index in [9.17, 15) is 9.59 Å². The molecule has 0 aliphatic carbocycles. The van der Waals surface area contributed by atoms with Gasteiger partial charge in [0.15, 0.2) is 0 Å². The topological polar surface area (TPSA) is 67.4 Å². The molecular formula is C14H20N2O3. The highest BCUT2D eigenvalue weighted by Gasteiger charge is 2.07. The van der Waals surface area contributed by atoms with Crippen molar-refractivity contribution in [3.8, 4) is 5.75 Å². The van der Waals surface area contributed by atoms with Crippen LogP contribution in [0.5, 0.6) is 5.75 Å². The summed E-state index contributed by atoms with van der Waals surface area (Å²) in [5.74, 6) is 0.392. The van der Waals surface area contributed by atoms with Crippen LogP contribution in [0.15, 0.2) is 18.2 Å². The van der Waals surface area contributed by atoms with E-state index in [1.807, 2.05) is 32.0 Å². The Morgan fingerprint density at radius 2 is 1.95 bits per heavy atom. The Labute approximate surface area is 113 Å². The molecule has 2 N–H and O–H groups in total. The summed E-state index contributed by atoms with van der Waals surface area (Å²) < 4.78 is 5.20. The number of aryl methyl sites for hydroxylation is 1. The first-order valence-corrected chi connectivity index (χ1v) is 6.23. The number of carbonyl (C=O) groups excluding carboxylic acids is 2. The zero-order chi connectivity index (χ0) is 14.3. The van der Waals surface area contributed by atoms with Crippen LogP contribution in [-0.2, 0) is 16.0 Å². The van der Waals surface area contributed by atoms with Gasteiger partial charge in [-0.1, -0.05) is 12.1 Å². The fourth-order valence-electron chi connectivity index (χ4n) is 1.66. The van der Waals surface area contributed by atoms with E-state index in [-0.39, 0.29) is 24.8 Å². The molecule has 0 aliphatic rings. The van der Waals surface area contributed by atoms with E-state index < -0.39 is 0 Å². The van der Waals surface area contributed by atoms with Gasteiger partial charge in [0.05, 0.1) is 20.1 Å². The van der Waals surface area contributed by atoms with Gasteiger partial charge >= 0.3 is 0 Å². The monoisotopic (exact) mass is 264 g/mol. The third-order valence-corrected chi connectivity index (χ3v) is 2.66. The third-order valence-electron chi connectivity index (χ3n) is 2.66. The summed E-state index contributed by atoms with van der Waals surface area (Å²) in [6, 6.07) is 5.62. The Morgan fingerprint density at radius 3 is 2.58 bits per heavy atom. The van der Waals surface area contributed by atoms with E-state index in [4.69, 9.17) is 4.74 Å². The number of ether oxygens (including phenoxy) is 1. The number of hydrogen-bond acceptors (Lipinski definition) is 3. The molecule has 0 aliphatic heterocycles. The van der Waals surface area contributed by atoms with E-state index >= 15 is 0 Å². The number of rotatable bonds is 6. The van der Waals surface area contributed by atoms with Crippen LogP contribution < -0.4 is 15.4 Å². The van der Waals surface area contributed by atoms with Gasteiger partial charge in [-0.2, -0.15) is 0 Å². The van der Waals surface area contributed by atoms with Gasteiger partial charge in [0, 0.05) is 6.54 Å². The van der Waals surface area contributed by atoms with Crippen LogP contribution in [0.1, 0.15) is 18.1 Å². The summed E-state index contributed by atoms with van der Waals surface area (Å²) in [4.78, 5) is 22.9. The zero-order valence-corrected chi connectivity index (χ0v) is 11.6.